The van der Waals surface area contributed by atoms with Gasteiger partial charge in [0.15, 0.2) is 0 Å². The Morgan fingerprint density at radius 3 is 2.55 bits per heavy atom. The van der Waals surface area contributed by atoms with Gasteiger partial charge in [0.1, 0.15) is 11.6 Å². The molecule has 0 aliphatic heterocycles. The van der Waals surface area contributed by atoms with Gasteiger partial charge in [-0.2, -0.15) is 0 Å². The number of nitrogens with one attached hydrogen (secondary N) is 2. The lowest BCUT2D eigenvalue weighted by Crippen LogP contribution is -2.13. The Hall–Kier alpha value is -2.43. The second-order valence-electron chi connectivity index (χ2n) is 4.30. The predicted molar refractivity (Wildman–Crippen MR) is 77.5 cm³/mol. The molecule has 0 aliphatic carbocycles. The molecule has 20 heavy (non-hydrogen) atoms. The second-order valence-corrected chi connectivity index (χ2v) is 4.30. The smallest absolute Gasteiger partial charge is 0.255 e. The number of benzene rings is 1. The van der Waals surface area contributed by atoms with E-state index in [1.54, 1.807) is 19.2 Å². The van der Waals surface area contributed by atoms with E-state index in [1.165, 1.54) is 24.3 Å². The fourth-order valence-electron chi connectivity index (χ4n) is 1.76. The van der Waals surface area contributed by atoms with Crippen LogP contribution in [-0.2, 0) is 6.42 Å². The molecule has 1 amide bonds. The number of nitrogens with zero attached hydrogens (tertiary/aromatic N) is 1. The lowest BCUT2D eigenvalue weighted by atomic mass is 10.1. The van der Waals surface area contributed by atoms with E-state index in [2.05, 4.69) is 15.6 Å². The van der Waals surface area contributed by atoms with Gasteiger partial charge in [-0.1, -0.05) is 6.92 Å². The maximum atomic E-state index is 12.8. The molecule has 2 N–H and O–H groups in total. The Kier molecular flexibility index (Phi) is 4.30. The van der Waals surface area contributed by atoms with Crippen molar-refractivity contribution in [3.63, 3.8) is 0 Å². The molecule has 2 rings (SSSR count). The third-order valence-corrected chi connectivity index (χ3v) is 2.86. The quantitative estimate of drug-likeness (QED) is 0.900. The van der Waals surface area contributed by atoms with Gasteiger partial charge in [-0.05, 0) is 42.8 Å². The van der Waals surface area contributed by atoms with Gasteiger partial charge < -0.3 is 10.6 Å². The Bertz CT molecular complexity index is 589. The second kappa shape index (κ2) is 6.14. The summed E-state index contributed by atoms with van der Waals surface area (Å²) in [6.45, 7) is 1.98. The minimum atomic E-state index is -0.336. The van der Waals surface area contributed by atoms with Gasteiger partial charge in [-0.3, -0.25) is 4.79 Å². The zero-order chi connectivity index (χ0) is 14.5. The minimum absolute atomic E-state index is 0.245. The molecule has 104 valence electrons. The number of pyridine rings is 1. The zero-order valence-corrected chi connectivity index (χ0v) is 11.4. The van der Waals surface area contributed by atoms with Gasteiger partial charge >= 0.3 is 0 Å². The largest absolute Gasteiger partial charge is 0.373 e. The molecule has 1 aromatic heterocycles. The normalized spacial score (nSPS) is 10.2. The Balaban J connectivity index is 2.22. The molecule has 0 spiro atoms. The molecule has 5 heteroatoms. The van der Waals surface area contributed by atoms with E-state index in [0.29, 0.717) is 17.1 Å². The van der Waals surface area contributed by atoms with Crippen molar-refractivity contribution < 1.29 is 9.18 Å². The molecule has 1 aromatic carbocycles. The van der Waals surface area contributed by atoms with Crippen molar-refractivity contribution >= 4 is 17.4 Å². The first kappa shape index (κ1) is 14.0. The number of aromatic nitrogens is 1. The molecule has 0 radical (unpaired) electrons. The number of halogens is 1. The van der Waals surface area contributed by atoms with Gasteiger partial charge in [-0.25, -0.2) is 9.37 Å². The number of aryl methyl sites for hydroxylation is 1. The van der Waals surface area contributed by atoms with Crippen molar-refractivity contribution in [2.24, 2.45) is 0 Å². The summed E-state index contributed by atoms with van der Waals surface area (Å²) in [5, 5.41) is 5.65. The molecule has 0 saturated heterocycles. The number of carbonyl (C=O) groups is 1. The van der Waals surface area contributed by atoms with Crippen LogP contribution in [0.3, 0.4) is 0 Å². The highest BCUT2D eigenvalue weighted by Crippen LogP contribution is 2.14. The fourth-order valence-corrected chi connectivity index (χ4v) is 1.76. The molecule has 2 aromatic rings. The van der Waals surface area contributed by atoms with Crippen molar-refractivity contribution in [3.05, 3.63) is 53.5 Å². The van der Waals surface area contributed by atoms with Crippen LogP contribution in [0.5, 0.6) is 0 Å². The van der Waals surface area contributed by atoms with Crippen LogP contribution < -0.4 is 10.6 Å². The van der Waals surface area contributed by atoms with Crippen molar-refractivity contribution in [1.82, 2.24) is 4.98 Å². The molecular formula is C15H16FN3O. The Morgan fingerprint density at radius 2 is 1.95 bits per heavy atom. The highest BCUT2D eigenvalue weighted by atomic mass is 19.1. The topological polar surface area (TPSA) is 54.0 Å². The molecule has 0 saturated carbocycles. The van der Waals surface area contributed by atoms with Gasteiger partial charge in [0.2, 0.25) is 0 Å². The van der Waals surface area contributed by atoms with Crippen LogP contribution in [0.2, 0.25) is 0 Å². The molecule has 0 atom stereocenters. The van der Waals surface area contributed by atoms with Gasteiger partial charge in [0, 0.05) is 24.0 Å². The van der Waals surface area contributed by atoms with Crippen molar-refractivity contribution in [1.29, 1.82) is 0 Å². The predicted octanol–water partition coefficient (Wildman–Crippen LogP) is 3.08. The summed E-state index contributed by atoms with van der Waals surface area (Å²) in [6.07, 6.45) is 0.742. The summed E-state index contributed by atoms with van der Waals surface area (Å²) in [5.41, 5.74) is 1.91. The Labute approximate surface area is 117 Å². The van der Waals surface area contributed by atoms with Crippen LogP contribution in [0, 0.1) is 5.82 Å². The van der Waals surface area contributed by atoms with Crippen LogP contribution in [0.4, 0.5) is 15.9 Å². The van der Waals surface area contributed by atoms with E-state index >= 15 is 0 Å². The van der Waals surface area contributed by atoms with Gasteiger partial charge in [-0.15, -0.1) is 0 Å². The third-order valence-electron chi connectivity index (χ3n) is 2.86. The lowest BCUT2D eigenvalue weighted by Gasteiger charge is -2.08. The molecule has 0 aliphatic rings. The zero-order valence-electron chi connectivity index (χ0n) is 11.4. The standard InChI is InChI=1S/C15H16FN3O/c1-3-12-8-10(9-14(17-2)18-12)15(20)19-13-6-4-11(16)5-7-13/h4-9H,3H2,1-2H3,(H,17,18)(H,19,20). The van der Waals surface area contributed by atoms with Crippen LogP contribution in [0.15, 0.2) is 36.4 Å². The molecule has 0 unspecified atom stereocenters. The van der Waals surface area contributed by atoms with Crippen LogP contribution in [-0.4, -0.2) is 17.9 Å². The first-order valence-electron chi connectivity index (χ1n) is 6.38. The maximum Gasteiger partial charge on any atom is 0.255 e. The van der Waals surface area contributed by atoms with E-state index in [9.17, 15) is 9.18 Å². The number of carbonyl (C=O) groups excluding carboxylic acids is 1. The highest BCUT2D eigenvalue weighted by molar-refractivity contribution is 6.04. The number of hydrogen-bond donors (Lipinski definition) is 2. The monoisotopic (exact) mass is 273 g/mol. The molecule has 4 nitrogen and oxygen atoms in total. The van der Waals surface area contributed by atoms with E-state index < -0.39 is 0 Å². The van der Waals surface area contributed by atoms with Gasteiger partial charge in [0.05, 0.1) is 0 Å². The van der Waals surface area contributed by atoms with Crippen LogP contribution in [0.25, 0.3) is 0 Å². The molecular weight excluding hydrogens is 257 g/mol. The highest BCUT2D eigenvalue weighted by Gasteiger charge is 2.09. The van der Waals surface area contributed by atoms with Crippen LogP contribution >= 0.6 is 0 Å². The summed E-state index contributed by atoms with van der Waals surface area (Å²) in [5.74, 6) is 0.0662. The van der Waals surface area contributed by atoms with E-state index in [1.807, 2.05) is 6.92 Å². The van der Waals surface area contributed by atoms with Crippen molar-refractivity contribution in [3.8, 4) is 0 Å². The van der Waals surface area contributed by atoms with E-state index in [0.717, 1.165) is 12.1 Å². The minimum Gasteiger partial charge on any atom is -0.373 e. The van der Waals surface area contributed by atoms with E-state index in [4.69, 9.17) is 0 Å². The average Bonchev–Trinajstić information content (AvgIpc) is 2.48. The van der Waals surface area contributed by atoms with E-state index in [-0.39, 0.29) is 11.7 Å². The fraction of sp³-hybridized carbons (Fsp3) is 0.200. The first-order chi connectivity index (χ1) is 9.62. The molecule has 1 heterocycles. The number of rotatable bonds is 4. The first-order valence-corrected chi connectivity index (χ1v) is 6.38. The maximum absolute atomic E-state index is 12.8. The summed E-state index contributed by atoms with van der Waals surface area (Å²) >= 11 is 0. The van der Waals surface area contributed by atoms with Gasteiger partial charge in [0.25, 0.3) is 5.91 Å². The summed E-state index contributed by atoms with van der Waals surface area (Å²) in [6, 6.07) is 9.08. The SMILES string of the molecule is CCc1cc(C(=O)Nc2ccc(F)cc2)cc(NC)n1. The third kappa shape index (κ3) is 3.32. The molecule has 0 bridgehead atoms. The average molecular weight is 273 g/mol. The van der Waals surface area contributed by atoms with Crippen molar-refractivity contribution in [2.75, 3.05) is 17.7 Å². The van der Waals surface area contributed by atoms with Crippen LogP contribution in [0.1, 0.15) is 23.0 Å². The lowest BCUT2D eigenvalue weighted by molar-refractivity contribution is 0.102. The van der Waals surface area contributed by atoms with Crippen molar-refractivity contribution in [2.45, 2.75) is 13.3 Å². The summed E-state index contributed by atoms with van der Waals surface area (Å²) in [4.78, 5) is 16.5. The summed E-state index contributed by atoms with van der Waals surface area (Å²) in [7, 11) is 1.75. The Morgan fingerprint density at radius 1 is 1.25 bits per heavy atom. The molecule has 0 fully saturated rings. The number of amides is 1. The summed E-state index contributed by atoms with van der Waals surface area (Å²) < 4.78 is 12.8. The number of anilines is 2. The number of hydrogen-bond acceptors (Lipinski definition) is 3.